The summed E-state index contributed by atoms with van der Waals surface area (Å²) < 4.78 is 11.5. The first-order valence-electron chi connectivity index (χ1n) is 8.23. The van der Waals surface area contributed by atoms with Crippen LogP contribution < -0.4 is 4.74 Å². The molecule has 0 N–H and O–H groups in total. The van der Waals surface area contributed by atoms with E-state index >= 15 is 0 Å². The number of benzene rings is 1. The number of hydrogen-bond acceptors (Lipinski definition) is 6. The van der Waals surface area contributed by atoms with E-state index in [2.05, 4.69) is 48.1 Å². The molecule has 0 spiro atoms. The van der Waals surface area contributed by atoms with Crippen molar-refractivity contribution in [3.05, 3.63) is 53.9 Å². The lowest BCUT2D eigenvalue weighted by Crippen LogP contribution is -2.01. The van der Waals surface area contributed by atoms with Gasteiger partial charge in [0.2, 0.25) is 5.89 Å². The van der Waals surface area contributed by atoms with Crippen LogP contribution in [0.15, 0.2) is 52.4 Å². The molecule has 5 nitrogen and oxygen atoms in total. The highest BCUT2D eigenvalue weighted by Gasteiger charge is 2.09. The average molecular weight is 355 g/mol. The van der Waals surface area contributed by atoms with Crippen molar-refractivity contribution in [2.45, 2.75) is 31.9 Å². The topological polar surface area (TPSA) is 61.0 Å². The highest BCUT2D eigenvalue weighted by Crippen LogP contribution is 2.25. The van der Waals surface area contributed by atoms with Crippen molar-refractivity contribution in [2.75, 3.05) is 12.4 Å². The zero-order valence-corrected chi connectivity index (χ0v) is 15.4. The molecule has 0 saturated carbocycles. The van der Waals surface area contributed by atoms with Crippen LogP contribution in [0.4, 0.5) is 0 Å². The molecule has 130 valence electrons. The van der Waals surface area contributed by atoms with Crippen molar-refractivity contribution < 1.29 is 9.15 Å². The van der Waals surface area contributed by atoms with E-state index in [1.54, 1.807) is 12.4 Å². The third kappa shape index (κ3) is 4.60. The van der Waals surface area contributed by atoms with Crippen LogP contribution in [-0.2, 0) is 0 Å². The Bertz CT molecular complexity index is 819. The molecule has 0 saturated heterocycles. The van der Waals surface area contributed by atoms with Crippen molar-refractivity contribution in [2.24, 2.45) is 0 Å². The minimum absolute atomic E-state index is 0.505. The smallest absolute Gasteiger partial charge is 0.276 e. The monoisotopic (exact) mass is 355 g/mol. The van der Waals surface area contributed by atoms with Crippen LogP contribution in [0.25, 0.3) is 11.5 Å². The van der Waals surface area contributed by atoms with Gasteiger partial charge in [-0.3, -0.25) is 4.98 Å². The van der Waals surface area contributed by atoms with Crippen molar-refractivity contribution in [3.63, 3.8) is 0 Å². The predicted molar refractivity (Wildman–Crippen MR) is 99.0 cm³/mol. The first kappa shape index (κ1) is 17.5. The van der Waals surface area contributed by atoms with E-state index in [1.165, 1.54) is 22.9 Å². The molecule has 1 aromatic carbocycles. The normalized spacial score (nSPS) is 11.0. The van der Waals surface area contributed by atoms with E-state index < -0.39 is 0 Å². The lowest BCUT2D eigenvalue weighted by Gasteiger charge is -2.12. The fourth-order valence-corrected chi connectivity index (χ4v) is 3.13. The fraction of sp³-hybridized carbons (Fsp3) is 0.316. The van der Waals surface area contributed by atoms with Crippen LogP contribution in [-0.4, -0.2) is 27.5 Å². The van der Waals surface area contributed by atoms with Gasteiger partial charge in [0, 0.05) is 23.7 Å². The third-order valence-electron chi connectivity index (χ3n) is 3.77. The van der Waals surface area contributed by atoms with Gasteiger partial charge < -0.3 is 9.15 Å². The number of thioether (sulfide) groups is 1. The molecule has 2 aromatic heterocycles. The lowest BCUT2D eigenvalue weighted by atomic mass is 9.98. The van der Waals surface area contributed by atoms with Crippen LogP contribution in [0.5, 0.6) is 5.75 Å². The Morgan fingerprint density at radius 2 is 1.92 bits per heavy atom. The van der Waals surface area contributed by atoms with Gasteiger partial charge in [-0.2, -0.15) is 0 Å². The van der Waals surface area contributed by atoms with Gasteiger partial charge in [-0.05, 0) is 48.2 Å². The number of nitrogens with zero attached hydrogens (tertiary/aromatic N) is 3. The average Bonchev–Trinajstić information content (AvgIpc) is 3.08. The van der Waals surface area contributed by atoms with Crippen molar-refractivity contribution in [3.8, 4) is 17.2 Å². The standard InChI is InChI=1S/C19H21N3O2S/c1-13(2)17-5-4-16(12-14(17)3)23-10-11-25-19-22-21-18(24-19)15-6-8-20-9-7-15/h4-9,12-13H,10-11H2,1-3H3. The first-order chi connectivity index (χ1) is 12.1. The molecule has 0 aliphatic heterocycles. The second-order valence-electron chi connectivity index (χ2n) is 5.98. The van der Waals surface area contributed by atoms with Crippen LogP contribution >= 0.6 is 11.8 Å². The Labute approximate surface area is 151 Å². The number of aryl methyl sites for hydroxylation is 1. The molecular formula is C19H21N3O2S. The Kier molecular flexibility index (Phi) is 5.71. The molecule has 25 heavy (non-hydrogen) atoms. The Balaban J connectivity index is 1.49. The first-order valence-corrected chi connectivity index (χ1v) is 9.22. The van der Waals surface area contributed by atoms with Crippen LogP contribution in [0.1, 0.15) is 30.9 Å². The molecule has 0 aliphatic carbocycles. The molecular weight excluding hydrogens is 334 g/mol. The molecule has 3 rings (SSSR count). The maximum absolute atomic E-state index is 5.82. The van der Waals surface area contributed by atoms with Crippen molar-refractivity contribution in [1.29, 1.82) is 0 Å². The maximum atomic E-state index is 5.82. The van der Waals surface area contributed by atoms with Gasteiger partial charge in [0.1, 0.15) is 5.75 Å². The van der Waals surface area contributed by atoms with E-state index in [9.17, 15) is 0 Å². The number of aromatic nitrogens is 3. The Morgan fingerprint density at radius 1 is 1.12 bits per heavy atom. The molecule has 0 fully saturated rings. The van der Waals surface area contributed by atoms with E-state index in [-0.39, 0.29) is 0 Å². The molecule has 3 aromatic rings. The van der Waals surface area contributed by atoms with Gasteiger partial charge in [0.25, 0.3) is 5.22 Å². The molecule has 0 radical (unpaired) electrons. The van der Waals surface area contributed by atoms with E-state index in [0.29, 0.717) is 23.6 Å². The van der Waals surface area contributed by atoms with Gasteiger partial charge in [0.05, 0.1) is 6.61 Å². The van der Waals surface area contributed by atoms with Crippen LogP contribution in [0.2, 0.25) is 0 Å². The Hall–Kier alpha value is -2.34. The zero-order valence-electron chi connectivity index (χ0n) is 14.6. The summed E-state index contributed by atoms with van der Waals surface area (Å²) >= 11 is 1.49. The van der Waals surface area contributed by atoms with Crippen LogP contribution in [0.3, 0.4) is 0 Å². The van der Waals surface area contributed by atoms with Crippen molar-refractivity contribution >= 4 is 11.8 Å². The van der Waals surface area contributed by atoms with Crippen molar-refractivity contribution in [1.82, 2.24) is 15.2 Å². The largest absolute Gasteiger partial charge is 0.493 e. The van der Waals surface area contributed by atoms with Gasteiger partial charge in [-0.1, -0.05) is 31.7 Å². The summed E-state index contributed by atoms with van der Waals surface area (Å²) in [5.41, 5.74) is 3.49. The van der Waals surface area contributed by atoms with Gasteiger partial charge >= 0.3 is 0 Å². The summed E-state index contributed by atoms with van der Waals surface area (Å²) in [6, 6.07) is 9.94. The quantitative estimate of drug-likeness (QED) is 0.451. The Morgan fingerprint density at radius 3 is 2.64 bits per heavy atom. The SMILES string of the molecule is Cc1cc(OCCSc2nnc(-c3ccncc3)o2)ccc1C(C)C. The summed E-state index contributed by atoms with van der Waals surface area (Å²) in [6.07, 6.45) is 3.40. The van der Waals surface area contributed by atoms with Gasteiger partial charge in [-0.15, -0.1) is 10.2 Å². The summed E-state index contributed by atoms with van der Waals surface area (Å²) in [7, 11) is 0. The highest BCUT2D eigenvalue weighted by atomic mass is 32.2. The minimum atomic E-state index is 0.505. The maximum Gasteiger partial charge on any atom is 0.276 e. The number of rotatable bonds is 7. The number of hydrogen-bond donors (Lipinski definition) is 0. The zero-order chi connectivity index (χ0) is 17.6. The minimum Gasteiger partial charge on any atom is -0.493 e. The second-order valence-corrected chi connectivity index (χ2v) is 7.03. The molecule has 6 heteroatoms. The second kappa shape index (κ2) is 8.16. The predicted octanol–water partition coefficient (Wildman–Crippen LogP) is 4.73. The summed E-state index contributed by atoms with van der Waals surface area (Å²) in [5, 5.41) is 8.65. The third-order valence-corrected chi connectivity index (χ3v) is 4.56. The summed E-state index contributed by atoms with van der Waals surface area (Å²) in [6.45, 7) is 7.10. The molecule has 0 bridgehead atoms. The van der Waals surface area contributed by atoms with E-state index in [0.717, 1.165) is 17.1 Å². The number of pyridine rings is 1. The highest BCUT2D eigenvalue weighted by molar-refractivity contribution is 7.99. The summed E-state index contributed by atoms with van der Waals surface area (Å²) in [5.74, 6) is 2.66. The van der Waals surface area contributed by atoms with Gasteiger partial charge in [0.15, 0.2) is 0 Å². The lowest BCUT2D eigenvalue weighted by molar-refractivity contribution is 0.343. The summed E-state index contributed by atoms with van der Waals surface area (Å²) in [4.78, 5) is 3.98. The molecule has 0 atom stereocenters. The molecule has 0 aliphatic rings. The van der Waals surface area contributed by atoms with Crippen LogP contribution in [0, 0.1) is 6.92 Å². The molecule has 2 heterocycles. The molecule has 0 unspecified atom stereocenters. The van der Waals surface area contributed by atoms with Gasteiger partial charge in [-0.25, -0.2) is 0 Å². The fourth-order valence-electron chi connectivity index (χ4n) is 2.55. The number of ether oxygens (including phenoxy) is 1. The van der Waals surface area contributed by atoms with E-state index in [4.69, 9.17) is 9.15 Å². The molecule has 0 amide bonds. The van der Waals surface area contributed by atoms with E-state index in [1.807, 2.05) is 18.2 Å².